The summed E-state index contributed by atoms with van der Waals surface area (Å²) in [6, 6.07) is 22.6. The van der Waals surface area contributed by atoms with Crippen LogP contribution in [0, 0.1) is 16.7 Å². The zero-order valence-corrected chi connectivity index (χ0v) is 48.1. The molecule has 0 spiro atoms. The quantitative estimate of drug-likeness (QED) is 0.0766. The highest BCUT2D eigenvalue weighted by Gasteiger charge is 2.78. The van der Waals surface area contributed by atoms with Gasteiger partial charge in [-0.15, -0.1) is 0 Å². The van der Waals surface area contributed by atoms with E-state index >= 15 is 4.79 Å². The van der Waals surface area contributed by atoms with E-state index in [1.54, 1.807) is 87.5 Å². The van der Waals surface area contributed by atoms with E-state index in [-0.39, 0.29) is 35.3 Å². The Balaban J connectivity index is 1.21. The second-order valence-corrected chi connectivity index (χ2v) is 22.8. The lowest BCUT2D eigenvalue weighted by atomic mass is 9.44. The zero-order chi connectivity index (χ0) is 61.2. The summed E-state index contributed by atoms with van der Waals surface area (Å²) in [5, 5.41) is 42.2. The summed E-state index contributed by atoms with van der Waals surface area (Å²) in [7, 11) is 0. The van der Waals surface area contributed by atoms with Gasteiger partial charge >= 0.3 is 41.8 Å². The van der Waals surface area contributed by atoms with Gasteiger partial charge in [0.25, 0.3) is 5.91 Å². The Hall–Kier alpha value is -7.63. The highest BCUT2D eigenvalue weighted by molar-refractivity contribution is 5.96. The van der Waals surface area contributed by atoms with Gasteiger partial charge in [0.1, 0.15) is 30.0 Å². The molecule has 84 heavy (non-hydrogen) atoms. The van der Waals surface area contributed by atoms with E-state index in [4.69, 9.17) is 42.6 Å². The number of esters is 7. The van der Waals surface area contributed by atoms with Crippen molar-refractivity contribution in [3.63, 3.8) is 0 Å². The van der Waals surface area contributed by atoms with Crippen molar-refractivity contribution in [1.29, 1.82) is 0 Å². The lowest BCUT2D eigenvalue weighted by Gasteiger charge is -2.69. The number of aliphatic hydroxyl groups is 3. The number of hydrogen-bond donors (Lipinski definition) is 4. The van der Waals surface area contributed by atoms with Crippen molar-refractivity contribution in [1.82, 2.24) is 5.32 Å². The van der Waals surface area contributed by atoms with Gasteiger partial charge in [-0.1, -0.05) is 87.5 Å². The lowest BCUT2D eigenvalue weighted by Crippen LogP contribution is -2.82. The molecule has 4 aliphatic carbocycles. The Bertz CT molecular complexity index is 3090. The van der Waals surface area contributed by atoms with Crippen LogP contribution in [-0.2, 0) is 76.2 Å². The fraction of sp³-hybridized carbons (Fsp3) is 0.500. The summed E-state index contributed by atoms with van der Waals surface area (Å²) >= 11 is 0. The van der Waals surface area contributed by atoms with Crippen molar-refractivity contribution in [3.8, 4) is 0 Å². The van der Waals surface area contributed by atoms with Crippen molar-refractivity contribution in [2.45, 2.75) is 166 Å². The lowest BCUT2D eigenvalue weighted by molar-refractivity contribution is -0.365. The van der Waals surface area contributed by atoms with E-state index in [1.165, 1.54) is 31.2 Å². The van der Waals surface area contributed by atoms with Gasteiger partial charge in [0.2, 0.25) is 0 Å². The minimum absolute atomic E-state index is 0.0674. The summed E-state index contributed by atoms with van der Waals surface area (Å²) in [4.78, 5) is 122. The van der Waals surface area contributed by atoms with Crippen LogP contribution in [0.25, 0.3) is 0 Å². The molecule has 15 atom stereocenters. The number of amides is 1. The van der Waals surface area contributed by atoms with Crippen LogP contribution in [0.2, 0.25) is 0 Å². The number of ether oxygens (including phenoxy) is 9. The maximum absolute atomic E-state index is 15.2. The van der Waals surface area contributed by atoms with Crippen molar-refractivity contribution >= 4 is 53.5 Å². The third kappa shape index (κ3) is 12.2. The second kappa shape index (κ2) is 24.9. The molecular weight excluding hydrogens is 1090 g/mol. The predicted octanol–water partition coefficient (Wildman–Crippen LogP) is 4.64. The molecular formula is C62H71NO21. The van der Waals surface area contributed by atoms with Crippen LogP contribution in [0.1, 0.15) is 120 Å². The molecule has 3 fully saturated rings. The van der Waals surface area contributed by atoms with Gasteiger partial charge in [-0.05, 0) is 54.0 Å². The predicted molar refractivity (Wildman–Crippen MR) is 291 cm³/mol. The van der Waals surface area contributed by atoms with Crippen molar-refractivity contribution in [2.24, 2.45) is 16.7 Å². The Kier molecular flexibility index (Phi) is 18.5. The van der Waals surface area contributed by atoms with Crippen LogP contribution in [-0.4, -0.2) is 154 Å². The molecule has 3 aromatic rings. The fourth-order valence-corrected chi connectivity index (χ4v) is 13.1. The van der Waals surface area contributed by atoms with E-state index in [0.29, 0.717) is 11.1 Å². The molecule has 22 nitrogen and oxygen atoms in total. The molecule has 3 aromatic carbocycles. The average Bonchev–Trinajstić information content (AvgIpc) is 0.721. The highest BCUT2D eigenvalue weighted by Crippen LogP contribution is 2.65. The molecule has 6 unspecified atom stereocenters. The van der Waals surface area contributed by atoms with Gasteiger partial charge in [0.05, 0.1) is 42.9 Å². The Morgan fingerprint density at radius 1 is 0.714 bits per heavy atom. The Morgan fingerprint density at radius 2 is 1.30 bits per heavy atom. The van der Waals surface area contributed by atoms with Gasteiger partial charge in [-0.25, -0.2) is 9.59 Å². The number of carbonyl (C=O) groups is 9. The van der Waals surface area contributed by atoms with Crippen molar-refractivity contribution in [2.75, 3.05) is 13.2 Å². The monoisotopic (exact) mass is 1170 g/mol. The first-order valence-electron chi connectivity index (χ1n) is 27.7. The van der Waals surface area contributed by atoms with Crippen molar-refractivity contribution in [3.05, 3.63) is 130 Å². The number of nitrogens with one attached hydrogen (secondary N) is 1. The largest absolute Gasteiger partial charge is 0.458 e. The summed E-state index contributed by atoms with van der Waals surface area (Å²) < 4.78 is 53.8. The molecule has 2 bridgehead atoms. The minimum atomic E-state index is -2.34. The molecule has 1 amide bonds. The van der Waals surface area contributed by atoms with Gasteiger partial charge in [0.15, 0.2) is 35.8 Å². The fourth-order valence-electron chi connectivity index (χ4n) is 13.1. The van der Waals surface area contributed by atoms with Gasteiger partial charge in [0, 0.05) is 82.3 Å². The molecule has 1 aliphatic heterocycles. The van der Waals surface area contributed by atoms with Crippen LogP contribution in [0.15, 0.2) is 114 Å². The SMILES string of the molecule is CC(=O)O[C@@H]1[C@H](OC(C)=O)C=C(C(=O)OC(C(=O)CCO[C@H]2CC3(O)[C@@H](OC(=O)c4ccccc4)C4[C@]5(OC(C)=O)COC5C[C@H](O)[C@@]4(C)C(O)[C@H](OC(C)=O)C(=C2C)C3(C)C)C(NC(=O)c2ccccc2)c2ccccc2)C[C@H]1OC(C)=O. The molecule has 0 radical (unpaired) electrons. The van der Waals surface area contributed by atoms with Crippen molar-refractivity contribution < 1.29 is 101 Å². The number of benzene rings is 3. The first-order valence-corrected chi connectivity index (χ1v) is 27.7. The molecule has 4 N–H and O–H groups in total. The first kappa shape index (κ1) is 62.4. The number of Topliss-reactive ketones (excluding diaryl/α,β-unsaturated/α-hetero) is 1. The molecule has 8 rings (SSSR count). The molecule has 450 valence electrons. The topological polar surface area (TPSA) is 309 Å². The van der Waals surface area contributed by atoms with E-state index in [0.717, 1.165) is 40.7 Å². The van der Waals surface area contributed by atoms with Crippen LogP contribution in [0.5, 0.6) is 0 Å². The van der Waals surface area contributed by atoms with E-state index in [9.17, 15) is 53.7 Å². The third-order valence-corrected chi connectivity index (χ3v) is 17.1. The summed E-state index contributed by atoms with van der Waals surface area (Å²) in [6.45, 7) is 11.1. The third-order valence-electron chi connectivity index (χ3n) is 17.1. The molecule has 2 saturated carbocycles. The maximum atomic E-state index is 15.2. The normalized spacial score (nSPS) is 30.9. The number of fused-ring (bicyclic) bond motifs is 5. The first-order chi connectivity index (χ1) is 39.6. The van der Waals surface area contributed by atoms with Gasteiger partial charge in [-0.3, -0.25) is 33.6 Å². The van der Waals surface area contributed by atoms with E-state index in [2.05, 4.69) is 5.32 Å². The summed E-state index contributed by atoms with van der Waals surface area (Å²) in [5.74, 6) is -9.19. The maximum Gasteiger partial charge on any atom is 0.338 e. The zero-order valence-electron chi connectivity index (χ0n) is 48.1. The van der Waals surface area contributed by atoms with Crippen LogP contribution in [0.3, 0.4) is 0 Å². The Labute approximate surface area is 485 Å². The van der Waals surface area contributed by atoms with E-state index in [1.807, 2.05) is 0 Å². The molecule has 1 heterocycles. The summed E-state index contributed by atoms with van der Waals surface area (Å²) in [5.41, 5.74) is -6.86. The van der Waals surface area contributed by atoms with Crippen LogP contribution in [0.4, 0.5) is 0 Å². The van der Waals surface area contributed by atoms with E-state index < -0.39 is 174 Å². The van der Waals surface area contributed by atoms with Gasteiger partial charge in [-0.2, -0.15) is 0 Å². The number of aliphatic hydroxyl groups excluding tert-OH is 2. The molecule has 1 saturated heterocycles. The minimum Gasteiger partial charge on any atom is -0.458 e. The van der Waals surface area contributed by atoms with Crippen LogP contribution < -0.4 is 5.32 Å². The number of hydrogen-bond acceptors (Lipinski definition) is 21. The number of ketones is 1. The molecule has 5 aliphatic rings. The second-order valence-electron chi connectivity index (χ2n) is 22.8. The standard InChI is InChI=1S/C62H71NO21/c1-32-45(30-62(75)55(83-57(73)40-23-17-12-18-24-40)53-60(9,46(70)29-47-61(53,31-77-47)84-37(6)68)54(71)52(81-36(5)67)48(32)59(62,7)8)76-26-25-42(69)50(49(38-19-13-10-14-20-38)63-56(72)39-21-15-11-16-22-39)82-58(74)41-27-43(78-33(2)64)51(80-35(4)66)44(28-41)79-34(3)65/h10-24,27,43-47,49-55,70-71,75H,25-26,28-31H2,1-9H3,(H,63,72)/t43-,44-,45+,46+,47?,49?,50?,51-,52-,53?,54?,55+,60-,61+,62?/m1/s1. The molecule has 22 heteroatoms. The van der Waals surface area contributed by atoms with Crippen LogP contribution >= 0.6 is 0 Å². The average molecular weight is 1170 g/mol. The number of carbonyl (C=O) groups excluding carboxylic acids is 9. The summed E-state index contributed by atoms with van der Waals surface area (Å²) in [6.07, 6.45) is -15.7. The number of rotatable bonds is 18. The Morgan fingerprint density at radius 3 is 1.86 bits per heavy atom. The van der Waals surface area contributed by atoms with Gasteiger partial charge < -0.3 is 63.3 Å². The smallest absolute Gasteiger partial charge is 0.338 e. The highest BCUT2D eigenvalue weighted by atomic mass is 16.6. The molecule has 0 aromatic heterocycles.